The van der Waals surface area contributed by atoms with Gasteiger partial charge in [0.05, 0.1) is 21.4 Å². The van der Waals surface area contributed by atoms with Gasteiger partial charge < -0.3 is 5.32 Å². The average Bonchev–Trinajstić information content (AvgIpc) is 2.26. The van der Waals surface area contributed by atoms with Crippen molar-refractivity contribution < 1.29 is 13.8 Å². The molecule has 1 heterocycles. The van der Waals surface area contributed by atoms with E-state index in [1.54, 1.807) is 32.0 Å². The lowest BCUT2D eigenvalue weighted by Crippen LogP contribution is -2.44. The normalized spacial score (nSPS) is 21.6. The first-order valence-electron chi connectivity index (χ1n) is 5.22. The summed E-state index contributed by atoms with van der Waals surface area (Å²) in [7, 11) is -1.40. The van der Waals surface area contributed by atoms with Gasteiger partial charge in [0, 0.05) is 5.56 Å². The minimum Gasteiger partial charge on any atom is -0.324 e. The number of rotatable bonds is 1. The van der Waals surface area contributed by atoms with Gasteiger partial charge in [-0.1, -0.05) is 6.07 Å². The second kappa shape index (κ2) is 3.77. The third-order valence-corrected chi connectivity index (χ3v) is 4.71. The highest BCUT2D eigenvalue weighted by Crippen LogP contribution is 2.33. The standard InChI is InChI=1S/C12H13NO3S/c1-7(14)8-4-5-10-9(6-8)13-11(15)12(2,3)17(10)16/h4-6H,1-3H3,(H,13,15). The van der Waals surface area contributed by atoms with Crippen LogP contribution >= 0.6 is 0 Å². The summed E-state index contributed by atoms with van der Waals surface area (Å²) in [5, 5.41) is 2.69. The smallest absolute Gasteiger partial charge is 0.243 e. The van der Waals surface area contributed by atoms with E-state index >= 15 is 0 Å². The molecule has 0 saturated heterocycles. The lowest BCUT2D eigenvalue weighted by Gasteiger charge is -2.29. The minimum absolute atomic E-state index is 0.0855. The molecule has 2 rings (SSSR count). The highest BCUT2D eigenvalue weighted by Gasteiger charge is 2.40. The van der Waals surface area contributed by atoms with E-state index < -0.39 is 15.5 Å². The summed E-state index contributed by atoms with van der Waals surface area (Å²) in [5.41, 5.74) is 0.973. The third kappa shape index (κ3) is 1.80. The number of nitrogens with one attached hydrogen (secondary N) is 1. The van der Waals surface area contributed by atoms with Crippen molar-refractivity contribution in [3.63, 3.8) is 0 Å². The summed E-state index contributed by atoms with van der Waals surface area (Å²) in [5.74, 6) is -0.373. The van der Waals surface area contributed by atoms with E-state index in [0.29, 0.717) is 16.1 Å². The summed E-state index contributed by atoms with van der Waals surface area (Å²) in [6.07, 6.45) is 0. The number of hydrogen-bond acceptors (Lipinski definition) is 3. The molecule has 1 aromatic rings. The van der Waals surface area contributed by atoms with Crippen LogP contribution in [0.5, 0.6) is 0 Å². The Labute approximate surface area is 102 Å². The van der Waals surface area contributed by atoms with Gasteiger partial charge in [-0.2, -0.15) is 0 Å². The van der Waals surface area contributed by atoms with Crippen LogP contribution in [-0.4, -0.2) is 20.6 Å². The highest BCUT2D eigenvalue weighted by atomic mass is 32.2. The second-order valence-corrected chi connectivity index (χ2v) is 6.50. The zero-order chi connectivity index (χ0) is 12.8. The molecule has 90 valence electrons. The maximum atomic E-state index is 12.2. The first-order chi connectivity index (χ1) is 7.84. The van der Waals surface area contributed by atoms with E-state index in [1.807, 2.05) is 0 Å². The number of carbonyl (C=O) groups is 2. The van der Waals surface area contributed by atoms with E-state index in [9.17, 15) is 13.8 Å². The van der Waals surface area contributed by atoms with Crippen molar-refractivity contribution in [1.82, 2.24) is 0 Å². The van der Waals surface area contributed by atoms with Gasteiger partial charge in [-0.05, 0) is 32.9 Å². The predicted molar refractivity (Wildman–Crippen MR) is 65.6 cm³/mol. The molecule has 17 heavy (non-hydrogen) atoms. The zero-order valence-electron chi connectivity index (χ0n) is 9.87. The molecule has 0 aromatic heterocycles. The molecule has 0 fully saturated rings. The Bertz CT molecular complexity index is 549. The Morgan fingerprint density at radius 3 is 2.59 bits per heavy atom. The van der Waals surface area contributed by atoms with Crippen LogP contribution in [0.4, 0.5) is 5.69 Å². The predicted octanol–water partition coefficient (Wildman–Crippen LogP) is 1.73. The van der Waals surface area contributed by atoms with Crippen LogP contribution in [0.2, 0.25) is 0 Å². The van der Waals surface area contributed by atoms with E-state index in [1.165, 1.54) is 6.92 Å². The Hall–Kier alpha value is -1.49. The molecule has 4 nitrogen and oxygen atoms in total. The van der Waals surface area contributed by atoms with Gasteiger partial charge in [0.2, 0.25) is 5.91 Å². The van der Waals surface area contributed by atoms with Gasteiger partial charge in [0.25, 0.3) is 0 Å². The molecule has 1 unspecified atom stereocenters. The molecule has 1 aliphatic rings. The molecule has 0 bridgehead atoms. The number of ketones is 1. The highest BCUT2D eigenvalue weighted by molar-refractivity contribution is 7.87. The summed E-state index contributed by atoms with van der Waals surface area (Å²) < 4.78 is 11.3. The van der Waals surface area contributed by atoms with E-state index in [4.69, 9.17) is 0 Å². The fourth-order valence-electron chi connectivity index (χ4n) is 1.64. The van der Waals surface area contributed by atoms with Crippen molar-refractivity contribution in [3.8, 4) is 0 Å². The van der Waals surface area contributed by atoms with Crippen molar-refractivity contribution in [2.24, 2.45) is 0 Å². The molecular weight excluding hydrogens is 238 g/mol. The van der Waals surface area contributed by atoms with Gasteiger partial charge >= 0.3 is 0 Å². The fourth-order valence-corrected chi connectivity index (χ4v) is 2.91. The van der Waals surface area contributed by atoms with Crippen molar-refractivity contribution in [2.45, 2.75) is 30.4 Å². The second-order valence-electron chi connectivity index (χ2n) is 4.50. The Morgan fingerprint density at radius 1 is 1.35 bits per heavy atom. The van der Waals surface area contributed by atoms with E-state index in [0.717, 1.165) is 0 Å². The van der Waals surface area contributed by atoms with Gasteiger partial charge in [0.15, 0.2) is 5.78 Å². The number of hydrogen-bond donors (Lipinski definition) is 1. The van der Waals surface area contributed by atoms with Crippen molar-refractivity contribution in [1.29, 1.82) is 0 Å². The van der Waals surface area contributed by atoms with Crippen molar-refractivity contribution >= 4 is 28.2 Å². The largest absolute Gasteiger partial charge is 0.324 e. The molecule has 1 N–H and O–H groups in total. The molecule has 1 aromatic carbocycles. The zero-order valence-corrected chi connectivity index (χ0v) is 10.7. The molecule has 1 amide bonds. The summed E-state index contributed by atoms with van der Waals surface area (Å²) in [4.78, 5) is 23.6. The first kappa shape index (κ1) is 12.0. The molecule has 5 heteroatoms. The number of anilines is 1. The van der Waals surface area contributed by atoms with E-state index in [-0.39, 0.29) is 11.7 Å². The summed E-state index contributed by atoms with van der Waals surface area (Å²) in [6.45, 7) is 4.73. The van der Waals surface area contributed by atoms with E-state index in [2.05, 4.69) is 5.32 Å². The summed E-state index contributed by atoms with van der Waals surface area (Å²) >= 11 is 0. The minimum atomic E-state index is -1.40. The van der Waals surface area contributed by atoms with Crippen LogP contribution in [0.15, 0.2) is 23.1 Å². The van der Waals surface area contributed by atoms with Crippen LogP contribution < -0.4 is 5.32 Å². The quantitative estimate of drug-likeness (QED) is 0.773. The molecular formula is C12H13NO3S. The lowest BCUT2D eigenvalue weighted by molar-refractivity contribution is -0.117. The van der Waals surface area contributed by atoms with Gasteiger partial charge in [-0.15, -0.1) is 0 Å². The third-order valence-electron chi connectivity index (χ3n) is 2.84. The van der Waals surface area contributed by atoms with Crippen LogP contribution in [0, 0.1) is 0 Å². The number of benzene rings is 1. The van der Waals surface area contributed by atoms with Gasteiger partial charge in [0.1, 0.15) is 4.75 Å². The number of carbonyl (C=O) groups excluding carboxylic acids is 2. The molecule has 0 radical (unpaired) electrons. The van der Waals surface area contributed by atoms with Crippen molar-refractivity contribution in [3.05, 3.63) is 23.8 Å². The maximum Gasteiger partial charge on any atom is 0.243 e. The van der Waals surface area contributed by atoms with Crippen LogP contribution in [0.1, 0.15) is 31.1 Å². The van der Waals surface area contributed by atoms with Crippen molar-refractivity contribution in [2.75, 3.05) is 5.32 Å². The fraction of sp³-hybridized carbons (Fsp3) is 0.333. The van der Waals surface area contributed by atoms with Gasteiger partial charge in [-0.3, -0.25) is 13.8 Å². The number of fused-ring (bicyclic) bond motifs is 1. The topological polar surface area (TPSA) is 63.2 Å². The Kier molecular flexibility index (Phi) is 2.66. The van der Waals surface area contributed by atoms with Crippen LogP contribution in [0.3, 0.4) is 0 Å². The monoisotopic (exact) mass is 251 g/mol. The molecule has 1 atom stereocenters. The van der Waals surface area contributed by atoms with Crippen LogP contribution in [0.25, 0.3) is 0 Å². The molecule has 0 aliphatic carbocycles. The Balaban J connectivity index is 2.57. The Morgan fingerprint density at radius 2 is 2.00 bits per heavy atom. The summed E-state index contributed by atoms with van der Waals surface area (Å²) in [6, 6.07) is 4.85. The first-order valence-corrected chi connectivity index (χ1v) is 6.37. The SMILES string of the molecule is CC(=O)c1ccc2c(c1)NC(=O)C(C)(C)S2=O. The van der Waals surface area contributed by atoms with Crippen LogP contribution in [-0.2, 0) is 15.6 Å². The molecule has 1 aliphatic heterocycles. The number of amides is 1. The van der Waals surface area contributed by atoms with Gasteiger partial charge in [-0.25, -0.2) is 0 Å². The maximum absolute atomic E-state index is 12.2. The number of Topliss-reactive ketones (excluding diaryl/α,β-unsaturated/α-hetero) is 1. The average molecular weight is 251 g/mol. The molecule has 0 saturated carbocycles. The molecule has 0 spiro atoms. The lowest BCUT2D eigenvalue weighted by atomic mass is 10.1.